The van der Waals surface area contributed by atoms with E-state index in [2.05, 4.69) is 4.98 Å². The monoisotopic (exact) mass is 437 g/mol. The van der Waals surface area contributed by atoms with Gasteiger partial charge in [-0.1, -0.05) is 12.1 Å². The third-order valence-corrected chi connectivity index (χ3v) is 5.72. The van der Waals surface area contributed by atoms with E-state index in [1.807, 2.05) is 6.07 Å². The Balaban J connectivity index is 0.00000256. The summed E-state index contributed by atoms with van der Waals surface area (Å²) in [7, 11) is 3.41. The molecule has 3 atom stereocenters. The minimum atomic E-state index is -0.342. The van der Waals surface area contributed by atoms with Crippen molar-refractivity contribution in [1.82, 2.24) is 19.7 Å². The molecule has 0 radical (unpaired) electrons. The van der Waals surface area contributed by atoms with Gasteiger partial charge in [-0.05, 0) is 17.7 Å². The van der Waals surface area contributed by atoms with Crippen LogP contribution >= 0.6 is 12.4 Å². The van der Waals surface area contributed by atoms with Crippen molar-refractivity contribution in [3.63, 3.8) is 0 Å². The Hall–Kier alpha value is -2.65. The minimum Gasteiger partial charge on any atom is -0.447 e. The number of nitrogens with two attached hydrogens (primary N) is 1. The van der Waals surface area contributed by atoms with Gasteiger partial charge in [0.25, 0.3) is 5.91 Å². The standard InChI is InChI=1S/C20H24FN5O3.ClH/c1-24(2)20(28)26-9-13-8-25(19(27)16-11-29-17(7-22)23-16)10-15(13)18(26)12-4-3-5-14(21)6-12;/h3-6,11,13,15,18H,7-10,22H2,1-2H3;1H/t13-,15-,18-;/m1./s1. The van der Waals surface area contributed by atoms with Crippen molar-refractivity contribution in [2.75, 3.05) is 33.7 Å². The quantitative estimate of drug-likeness (QED) is 0.793. The van der Waals surface area contributed by atoms with Crippen molar-refractivity contribution in [3.8, 4) is 0 Å². The molecule has 0 bridgehead atoms. The second kappa shape index (κ2) is 8.61. The Bertz CT molecular complexity index is 937. The third-order valence-electron chi connectivity index (χ3n) is 5.72. The fourth-order valence-electron chi connectivity index (χ4n) is 4.45. The van der Waals surface area contributed by atoms with Crippen LogP contribution in [0.5, 0.6) is 0 Å². The summed E-state index contributed by atoms with van der Waals surface area (Å²) in [6.07, 6.45) is 1.32. The minimum absolute atomic E-state index is 0. The SMILES string of the molecule is CN(C)C(=O)N1C[C@H]2CN(C(=O)c3coc(CN)n3)C[C@H]2[C@H]1c1cccc(F)c1.Cl. The highest BCUT2D eigenvalue weighted by molar-refractivity contribution is 5.92. The molecule has 2 aliphatic rings. The molecule has 1 aromatic heterocycles. The van der Waals surface area contributed by atoms with Crippen molar-refractivity contribution >= 4 is 24.3 Å². The van der Waals surface area contributed by atoms with E-state index in [1.54, 1.807) is 30.0 Å². The lowest BCUT2D eigenvalue weighted by Gasteiger charge is -2.31. The smallest absolute Gasteiger partial charge is 0.320 e. The zero-order valence-electron chi connectivity index (χ0n) is 16.8. The van der Waals surface area contributed by atoms with Crippen LogP contribution in [0.3, 0.4) is 0 Å². The first-order valence-corrected chi connectivity index (χ1v) is 9.56. The van der Waals surface area contributed by atoms with Crippen molar-refractivity contribution in [3.05, 3.63) is 53.5 Å². The van der Waals surface area contributed by atoms with Gasteiger partial charge in [-0.25, -0.2) is 14.2 Å². The number of aromatic nitrogens is 1. The first-order valence-electron chi connectivity index (χ1n) is 9.56. The fourth-order valence-corrected chi connectivity index (χ4v) is 4.45. The Morgan fingerprint density at radius 2 is 2.07 bits per heavy atom. The molecule has 162 valence electrons. The first kappa shape index (κ1) is 22.0. The summed E-state index contributed by atoms with van der Waals surface area (Å²) in [4.78, 5) is 34.8. The fraction of sp³-hybridized carbons (Fsp3) is 0.450. The van der Waals surface area contributed by atoms with Crippen molar-refractivity contribution in [2.24, 2.45) is 17.6 Å². The van der Waals surface area contributed by atoms with Gasteiger partial charge in [0, 0.05) is 45.6 Å². The molecule has 0 aliphatic carbocycles. The van der Waals surface area contributed by atoms with E-state index in [1.165, 1.54) is 23.3 Å². The summed E-state index contributed by atoms with van der Waals surface area (Å²) in [5, 5.41) is 0. The molecule has 2 saturated heterocycles. The van der Waals surface area contributed by atoms with E-state index >= 15 is 0 Å². The van der Waals surface area contributed by atoms with E-state index in [9.17, 15) is 14.0 Å². The molecule has 4 rings (SSSR count). The van der Waals surface area contributed by atoms with Crippen molar-refractivity contribution < 1.29 is 18.4 Å². The number of hydrogen-bond donors (Lipinski definition) is 1. The van der Waals surface area contributed by atoms with Gasteiger partial charge in [-0.2, -0.15) is 0 Å². The lowest BCUT2D eigenvalue weighted by molar-refractivity contribution is 0.0760. The van der Waals surface area contributed by atoms with Gasteiger partial charge in [-0.3, -0.25) is 4.79 Å². The van der Waals surface area contributed by atoms with E-state index in [4.69, 9.17) is 10.2 Å². The van der Waals surface area contributed by atoms with Crippen molar-refractivity contribution in [1.29, 1.82) is 0 Å². The molecule has 10 heteroatoms. The van der Waals surface area contributed by atoms with Crippen LogP contribution in [0, 0.1) is 17.7 Å². The molecule has 0 unspecified atom stereocenters. The van der Waals surface area contributed by atoms with E-state index < -0.39 is 0 Å². The summed E-state index contributed by atoms with van der Waals surface area (Å²) >= 11 is 0. The zero-order chi connectivity index (χ0) is 20.7. The second-order valence-corrected chi connectivity index (χ2v) is 7.79. The average Bonchev–Trinajstić information content (AvgIpc) is 3.40. The van der Waals surface area contributed by atoms with Crippen LogP contribution in [0.4, 0.5) is 9.18 Å². The third kappa shape index (κ3) is 3.87. The number of benzene rings is 1. The van der Waals surface area contributed by atoms with Crippen molar-refractivity contribution in [2.45, 2.75) is 12.6 Å². The molecule has 0 spiro atoms. The largest absolute Gasteiger partial charge is 0.447 e. The number of nitrogens with zero attached hydrogens (tertiary/aromatic N) is 4. The molecular formula is C20H25ClFN5O3. The number of halogens is 2. The maximum atomic E-state index is 13.9. The number of urea groups is 1. The number of hydrogen-bond acceptors (Lipinski definition) is 5. The maximum absolute atomic E-state index is 13.9. The van der Waals surface area contributed by atoms with Crippen LogP contribution in [-0.4, -0.2) is 65.4 Å². The molecule has 0 saturated carbocycles. The number of fused-ring (bicyclic) bond motifs is 1. The molecule has 2 fully saturated rings. The van der Waals surface area contributed by atoms with Crippen LogP contribution in [-0.2, 0) is 6.54 Å². The molecule has 3 amide bonds. The number of rotatable bonds is 3. The van der Waals surface area contributed by atoms with Gasteiger partial charge in [-0.15, -0.1) is 12.4 Å². The average molecular weight is 438 g/mol. The highest BCUT2D eigenvalue weighted by Gasteiger charge is 2.50. The molecule has 2 aromatic rings. The number of amides is 3. The molecule has 2 aliphatic heterocycles. The van der Waals surface area contributed by atoms with Gasteiger partial charge in [0.15, 0.2) is 5.69 Å². The molecular weight excluding hydrogens is 413 g/mol. The van der Waals surface area contributed by atoms with E-state index in [0.29, 0.717) is 25.5 Å². The Kier molecular flexibility index (Phi) is 6.33. The highest BCUT2D eigenvalue weighted by atomic mass is 35.5. The molecule has 30 heavy (non-hydrogen) atoms. The summed E-state index contributed by atoms with van der Waals surface area (Å²) in [6, 6.07) is 5.94. The second-order valence-electron chi connectivity index (χ2n) is 7.79. The maximum Gasteiger partial charge on any atom is 0.320 e. The number of oxazole rings is 1. The van der Waals surface area contributed by atoms with E-state index in [0.717, 1.165) is 5.56 Å². The Labute approximate surface area is 180 Å². The molecule has 2 N–H and O–H groups in total. The number of carbonyl (C=O) groups is 2. The van der Waals surface area contributed by atoms with Crippen LogP contribution in [0.15, 0.2) is 34.9 Å². The number of likely N-dealkylation sites (tertiary alicyclic amines) is 2. The van der Waals surface area contributed by atoms with Crippen LogP contribution < -0.4 is 5.73 Å². The predicted molar refractivity (Wildman–Crippen MR) is 109 cm³/mol. The van der Waals surface area contributed by atoms with Gasteiger partial charge in [0.2, 0.25) is 5.89 Å². The Morgan fingerprint density at radius 1 is 1.30 bits per heavy atom. The normalized spacial score (nSPS) is 22.6. The van der Waals surface area contributed by atoms with Crippen LogP contribution in [0.1, 0.15) is 28.0 Å². The lowest BCUT2D eigenvalue weighted by atomic mass is 9.89. The zero-order valence-corrected chi connectivity index (χ0v) is 17.6. The lowest BCUT2D eigenvalue weighted by Crippen LogP contribution is -2.42. The van der Waals surface area contributed by atoms with Gasteiger partial charge < -0.3 is 24.9 Å². The topological polar surface area (TPSA) is 95.9 Å². The summed E-state index contributed by atoms with van der Waals surface area (Å²) < 4.78 is 19.1. The van der Waals surface area contributed by atoms with Gasteiger partial charge >= 0.3 is 6.03 Å². The van der Waals surface area contributed by atoms with Gasteiger partial charge in [0.1, 0.15) is 12.1 Å². The van der Waals surface area contributed by atoms with Crippen LogP contribution in [0.2, 0.25) is 0 Å². The summed E-state index contributed by atoms with van der Waals surface area (Å²) in [5.41, 5.74) is 6.48. The highest BCUT2D eigenvalue weighted by Crippen LogP contribution is 2.45. The molecule has 1 aromatic carbocycles. The molecule has 3 heterocycles. The predicted octanol–water partition coefficient (Wildman–Crippen LogP) is 2.12. The summed E-state index contributed by atoms with van der Waals surface area (Å²) in [5.74, 6) is -0.118. The number of carbonyl (C=O) groups excluding carboxylic acids is 2. The van der Waals surface area contributed by atoms with Crippen LogP contribution in [0.25, 0.3) is 0 Å². The van der Waals surface area contributed by atoms with E-state index in [-0.39, 0.29) is 60.3 Å². The summed E-state index contributed by atoms with van der Waals surface area (Å²) in [6.45, 7) is 1.62. The molecule has 8 nitrogen and oxygen atoms in total. The Morgan fingerprint density at radius 3 is 2.70 bits per heavy atom. The first-order chi connectivity index (χ1) is 13.9. The van der Waals surface area contributed by atoms with Gasteiger partial charge in [0.05, 0.1) is 12.6 Å².